The molecule has 0 bridgehead atoms. The Hall–Kier alpha value is -0.203. The van der Waals surface area contributed by atoms with Crippen molar-refractivity contribution in [1.29, 1.82) is 0 Å². The van der Waals surface area contributed by atoms with Crippen molar-refractivity contribution in [3.8, 4) is 0 Å². The second-order valence-electron chi connectivity index (χ2n) is 3.08. The summed E-state index contributed by atoms with van der Waals surface area (Å²) in [5.41, 5.74) is 0. The minimum Gasteiger partial charge on any atom is -0.356 e. The lowest BCUT2D eigenvalue weighted by atomic mass is 10.8. The summed E-state index contributed by atoms with van der Waals surface area (Å²) in [6.07, 6.45) is 1.80. The van der Waals surface area contributed by atoms with E-state index in [0.29, 0.717) is 6.73 Å². The minimum atomic E-state index is -0.163. The van der Waals surface area contributed by atoms with Gasteiger partial charge in [-0.1, -0.05) is 5.21 Å². The molecule has 0 atom stereocenters. The summed E-state index contributed by atoms with van der Waals surface area (Å²) >= 11 is 3.22. The van der Waals surface area contributed by atoms with Crippen LogP contribution in [-0.2, 0) is 11.5 Å². The maximum atomic E-state index is 5.41. The molecule has 0 aliphatic carbocycles. The van der Waals surface area contributed by atoms with Crippen LogP contribution in [0.5, 0.6) is 0 Å². The van der Waals surface area contributed by atoms with E-state index in [9.17, 15) is 0 Å². The Balaban J connectivity index is 2.13. The Kier molecular flexibility index (Phi) is 4.61. The fraction of sp³-hybridized carbons (Fsp3) is 0.714. The highest BCUT2D eigenvalue weighted by molar-refractivity contribution is 9.10. The third kappa shape index (κ3) is 4.54. The van der Waals surface area contributed by atoms with Gasteiger partial charge in [-0.05, 0) is 15.9 Å². The number of ether oxygens (including phenoxy) is 1. The molecule has 0 saturated carbocycles. The Morgan fingerprint density at radius 3 is 2.92 bits per heavy atom. The third-order valence-electron chi connectivity index (χ3n) is 1.48. The smallest absolute Gasteiger partial charge is 0.310 e. The number of hydrogen-bond donors (Lipinski definition) is 0. The molecule has 0 aromatic carbocycles. The molecule has 1 rings (SSSR count). The van der Waals surface area contributed by atoms with E-state index in [1.807, 2.05) is 0 Å². The molecule has 1 heterocycles. The molecule has 13 heavy (non-hydrogen) atoms. The Morgan fingerprint density at radius 1 is 1.62 bits per heavy atom. The van der Waals surface area contributed by atoms with Gasteiger partial charge in [-0.2, -0.15) is 0 Å². The molecular weight excluding hydrogens is 250 g/mol. The lowest BCUT2D eigenvalue weighted by Gasteiger charge is -1.99. The number of aromatic nitrogens is 3. The molecule has 72 valence electrons. The van der Waals surface area contributed by atoms with Gasteiger partial charge in [0.1, 0.15) is 11.3 Å². The lowest BCUT2D eigenvalue weighted by molar-refractivity contribution is 0.0775. The average molecular weight is 263 g/mol. The van der Waals surface area contributed by atoms with Gasteiger partial charge in [0.05, 0.1) is 31.9 Å². The molecule has 6 heteroatoms. The van der Waals surface area contributed by atoms with Gasteiger partial charge in [0.15, 0.2) is 0 Å². The predicted octanol–water partition coefficient (Wildman–Crippen LogP) is 1.77. The van der Waals surface area contributed by atoms with Gasteiger partial charge in [0, 0.05) is 0 Å². The zero-order valence-corrected chi connectivity index (χ0v) is 10.4. The summed E-state index contributed by atoms with van der Waals surface area (Å²) < 4.78 is 7.82. The number of halogens is 1. The normalized spacial score (nSPS) is 10.4. The van der Waals surface area contributed by atoms with Crippen LogP contribution in [0.4, 0.5) is 0 Å². The Bertz CT molecular complexity index is 254. The van der Waals surface area contributed by atoms with Crippen LogP contribution in [0.15, 0.2) is 10.8 Å². The first kappa shape index (κ1) is 10.9. The molecule has 1 aromatic rings. The Labute approximate surface area is 88.0 Å². The van der Waals surface area contributed by atoms with Crippen LogP contribution in [0, 0.1) is 0 Å². The van der Waals surface area contributed by atoms with Crippen molar-refractivity contribution in [2.75, 3.05) is 6.61 Å². The first-order valence-electron chi connectivity index (χ1n) is 4.11. The number of hydrogen-bond acceptors (Lipinski definition) is 3. The zero-order chi connectivity index (χ0) is 9.68. The van der Waals surface area contributed by atoms with E-state index in [1.54, 1.807) is 10.9 Å². The highest BCUT2D eigenvalue weighted by atomic mass is 79.9. The molecule has 0 amide bonds. The quantitative estimate of drug-likeness (QED) is 0.600. The topological polar surface area (TPSA) is 39.9 Å². The second-order valence-corrected chi connectivity index (χ2v) is 6.80. The molecule has 0 radical (unpaired) electrons. The molecule has 0 N–H and O–H groups in total. The van der Waals surface area contributed by atoms with E-state index in [1.165, 1.54) is 6.04 Å². The van der Waals surface area contributed by atoms with Gasteiger partial charge in [-0.25, -0.2) is 4.68 Å². The predicted molar refractivity (Wildman–Crippen MR) is 56.0 cm³/mol. The van der Waals surface area contributed by atoms with E-state index in [2.05, 4.69) is 39.3 Å². The Morgan fingerprint density at radius 2 is 2.38 bits per heavy atom. The molecule has 0 spiro atoms. The molecule has 4 nitrogen and oxygen atoms in total. The van der Waals surface area contributed by atoms with Crippen molar-refractivity contribution < 1.29 is 4.74 Å². The summed E-state index contributed by atoms with van der Waals surface area (Å²) in [5, 5.41) is 7.62. The second kappa shape index (κ2) is 5.51. The zero-order valence-electron chi connectivity index (χ0n) is 7.83. The highest BCUT2D eigenvalue weighted by Gasteiger charge is 2.09. The van der Waals surface area contributed by atoms with Gasteiger partial charge in [-0.3, -0.25) is 0 Å². The van der Waals surface area contributed by atoms with Gasteiger partial charge in [0.2, 0.25) is 0 Å². The maximum absolute atomic E-state index is 5.41. The molecular formula is C7H13BrN3OSi+. The van der Waals surface area contributed by atoms with Gasteiger partial charge >= 0.3 is 8.80 Å². The van der Waals surface area contributed by atoms with Gasteiger partial charge in [-0.15, -0.1) is 5.10 Å². The fourth-order valence-electron chi connectivity index (χ4n) is 0.772. The summed E-state index contributed by atoms with van der Waals surface area (Å²) in [6.45, 7) is 5.87. The fourth-order valence-corrected chi connectivity index (χ4v) is 1.63. The van der Waals surface area contributed by atoms with Crippen molar-refractivity contribution in [3.63, 3.8) is 0 Å². The lowest BCUT2D eigenvalue weighted by Crippen LogP contribution is -2.08. The molecule has 0 fully saturated rings. The third-order valence-corrected chi connectivity index (χ3v) is 3.05. The maximum Gasteiger partial charge on any atom is 0.310 e. The minimum absolute atomic E-state index is 0.163. The average Bonchev–Trinajstić information content (AvgIpc) is 2.45. The van der Waals surface area contributed by atoms with Crippen molar-refractivity contribution in [3.05, 3.63) is 10.8 Å². The van der Waals surface area contributed by atoms with E-state index < -0.39 is 0 Å². The summed E-state index contributed by atoms with van der Waals surface area (Å²) in [4.78, 5) is 0. The first-order chi connectivity index (χ1) is 6.18. The summed E-state index contributed by atoms with van der Waals surface area (Å²) in [7, 11) is -0.163. The van der Waals surface area contributed by atoms with Crippen LogP contribution < -0.4 is 0 Å². The molecule has 0 aliphatic rings. The van der Waals surface area contributed by atoms with E-state index in [-0.39, 0.29) is 8.80 Å². The highest BCUT2D eigenvalue weighted by Crippen LogP contribution is 2.01. The number of rotatable bonds is 5. The summed E-state index contributed by atoms with van der Waals surface area (Å²) in [5.74, 6) is 0. The van der Waals surface area contributed by atoms with E-state index in [4.69, 9.17) is 4.74 Å². The standard InChI is InChI=1S/C7H13BrN3OSi/c1-13(2)4-3-12-6-11-5-7(8)9-10-11/h5H,3-4,6H2,1-2H3/q+1. The van der Waals surface area contributed by atoms with Crippen LogP contribution in [0.2, 0.25) is 19.1 Å². The summed E-state index contributed by atoms with van der Waals surface area (Å²) in [6, 6.07) is 1.18. The molecule has 0 aliphatic heterocycles. The van der Waals surface area contributed by atoms with Crippen LogP contribution in [0.3, 0.4) is 0 Å². The monoisotopic (exact) mass is 262 g/mol. The molecule has 0 unspecified atom stereocenters. The van der Waals surface area contributed by atoms with Crippen molar-refractivity contribution in [2.45, 2.75) is 25.9 Å². The SMILES string of the molecule is C[Si+](C)CCOCn1cc(Br)nn1. The largest absolute Gasteiger partial charge is 0.356 e. The first-order valence-corrected chi connectivity index (χ1v) is 7.61. The van der Waals surface area contributed by atoms with Crippen molar-refractivity contribution in [2.24, 2.45) is 0 Å². The van der Waals surface area contributed by atoms with Crippen LogP contribution in [0.25, 0.3) is 0 Å². The van der Waals surface area contributed by atoms with E-state index >= 15 is 0 Å². The van der Waals surface area contributed by atoms with Gasteiger partial charge in [0.25, 0.3) is 0 Å². The van der Waals surface area contributed by atoms with Crippen molar-refractivity contribution >= 4 is 24.7 Å². The molecule has 1 aromatic heterocycles. The van der Waals surface area contributed by atoms with Crippen molar-refractivity contribution in [1.82, 2.24) is 15.0 Å². The van der Waals surface area contributed by atoms with E-state index in [0.717, 1.165) is 11.2 Å². The van der Waals surface area contributed by atoms with Gasteiger partial charge < -0.3 is 4.74 Å². The van der Waals surface area contributed by atoms with Crippen LogP contribution >= 0.6 is 15.9 Å². The number of nitrogens with zero attached hydrogens (tertiary/aromatic N) is 3. The molecule has 0 saturated heterocycles. The van der Waals surface area contributed by atoms with Crippen LogP contribution in [-0.4, -0.2) is 30.4 Å². The van der Waals surface area contributed by atoms with Crippen LogP contribution in [0.1, 0.15) is 0 Å².